The van der Waals surface area contributed by atoms with Crippen molar-refractivity contribution in [3.05, 3.63) is 58.7 Å². The van der Waals surface area contributed by atoms with Crippen LogP contribution in [-0.2, 0) is 14.6 Å². The number of nitriles is 1. The van der Waals surface area contributed by atoms with Crippen LogP contribution in [0.1, 0.15) is 23.6 Å². The summed E-state index contributed by atoms with van der Waals surface area (Å²) in [6, 6.07) is 12.8. The van der Waals surface area contributed by atoms with Gasteiger partial charge in [0, 0.05) is 6.26 Å². The molecule has 0 radical (unpaired) electrons. The Labute approximate surface area is 219 Å². The van der Waals surface area contributed by atoms with Crippen molar-refractivity contribution in [2.24, 2.45) is 0 Å². The third-order valence-electron chi connectivity index (χ3n) is 4.82. The Morgan fingerprint density at radius 3 is 2.38 bits per heavy atom. The molecule has 0 aliphatic carbocycles. The summed E-state index contributed by atoms with van der Waals surface area (Å²) in [5, 5.41) is 19.0. The van der Waals surface area contributed by atoms with Crippen LogP contribution in [0.4, 0.5) is 5.13 Å². The zero-order valence-corrected chi connectivity index (χ0v) is 22.4. The standard InChI is InChI=1S/C25H26N4O6S2/c1-5-33-22-14-18(7-9-21(22)35-11-10-34-20-8-6-16(2)12-17(20)3)13-19(15-26)23(30)27-24-28-29-25(36-24)37(4,31)32/h6-9,12-14H,5,10-11H2,1-4H3,(H,27,28,30). The summed E-state index contributed by atoms with van der Waals surface area (Å²) in [6.45, 7) is 6.84. The van der Waals surface area contributed by atoms with Crippen LogP contribution in [0.3, 0.4) is 0 Å². The Bertz CT molecular complexity index is 1460. The van der Waals surface area contributed by atoms with Gasteiger partial charge in [-0.15, -0.1) is 10.2 Å². The van der Waals surface area contributed by atoms with E-state index in [0.29, 0.717) is 41.6 Å². The van der Waals surface area contributed by atoms with E-state index in [1.165, 1.54) is 6.08 Å². The molecule has 0 unspecified atom stereocenters. The number of carbonyl (C=O) groups excluding carboxylic acids is 1. The van der Waals surface area contributed by atoms with Crippen molar-refractivity contribution in [2.45, 2.75) is 25.1 Å². The zero-order valence-electron chi connectivity index (χ0n) is 20.8. The highest BCUT2D eigenvalue weighted by molar-refractivity contribution is 7.92. The van der Waals surface area contributed by atoms with Crippen LogP contribution in [0, 0.1) is 25.2 Å². The van der Waals surface area contributed by atoms with E-state index in [-0.39, 0.29) is 21.7 Å². The second-order valence-electron chi connectivity index (χ2n) is 7.87. The first kappa shape index (κ1) is 27.6. The van der Waals surface area contributed by atoms with E-state index < -0.39 is 15.7 Å². The number of hydrogen-bond donors (Lipinski definition) is 1. The predicted octanol–water partition coefficient (Wildman–Crippen LogP) is 3.96. The minimum Gasteiger partial charge on any atom is -0.490 e. The summed E-state index contributed by atoms with van der Waals surface area (Å²) in [4.78, 5) is 12.5. The van der Waals surface area contributed by atoms with Crippen molar-refractivity contribution in [2.75, 3.05) is 31.4 Å². The molecule has 0 saturated carbocycles. The fourth-order valence-corrected chi connectivity index (χ4v) is 4.66. The number of hydrogen-bond acceptors (Lipinski definition) is 10. The van der Waals surface area contributed by atoms with Gasteiger partial charge in [0.2, 0.25) is 19.3 Å². The van der Waals surface area contributed by atoms with Crippen molar-refractivity contribution in [3.63, 3.8) is 0 Å². The molecule has 0 aliphatic rings. The van der Waals surface area contributed by atoms with Crippen molar-refractivity contribution in [1.82, 2.24) is 10.2 Å². The van der Waals surface area contributed by atoms with Gasteiger partial charge in [0.15, 0.2) is 11.5 Å². The summed E-state index contributed by atoms with van der Waals surface area (Å²) in [5.74, 6) is 0.986. The van der Waals surface area contributed by atoms with Gasteiger partial charge in [0.05, 0.1) is 6.61 Å². The van der Waals surface area contributed by atoms with Gasteiger partial charge in [-0.1, -0.05) is 35.1 Å². The summed E-state index contributed by atoms with van der Waals surface area (Å²) < 4.78 is 40.2. The fraction of sp³-hybridized carbons (Fsp3) is 0.280. The molecule has 0 aliphatic heterocycles. The van der Waals surface area contributed by atoms with Crippen molar-refractivity contribution in [1.29, 1.82) is 5.26 Å². The average molecular weight is 543 g/mol. The highest BCUT2D eigenvalue weighted by Gasteiger charge is 2.18. The first-order valence-electron chi connectivity index (χ1n) is 11.2. The average Bonchev–Trinajstić information content (AvgIpc) is 3.31. The van der Waals surface area contributed by atoms with Gasteiger partial charge in [-0.2, -0.15) is 5.26 Å². The molecule has 0 spiro atoms. The van der Waals surface area contributed by atoms with Crippen LogP contribution < -0.4 is 19.5 Å². The Kier molecular flexibility index (Phi) is 9.21. The second kappa shape index (κ2) is 12.3. The number of ether oxygens (including phenoxy) is 3. The van der Waals surface area contributed by atoms with E-state index in [1.54, 1.807) is 18.2 Å². The zero-order chi connectivity index (χ0) is 27.0. The van der Waals surface area contributed by atoms with Gasteiger partial charge in [-0.3, -0.25) is 10.1 Å². The maximum Gasteiger partial charge on any atom is 0.268 e. The van der Waals surface area contributed by atoms with E-state index in [4.69, 9.17) is 14.2 Å². The fourth-order valence-electron chi connectivity index (χ4n) is 3.16. The minimum absolute atomic E-state index is 0.0339. The number of aryl methyl sites for hydroxylation is 2. The van der Waals surface area contributed by atoms with Crippen LogP contribution >= 0.6 is 11.3 Å². The van der Waals surface area contributed by atoms with E-state index >= 15 is 0 Å². The lowest BCUT2D eigenvalue weighted by molar-refractivity contribution is -0.112. The summed E-state index contributed by atoms with van der Waals surface area (Å²) in [7, 11) is -3.55. The SMILES string of the molecule is CCOc1cc(C=C(C#N)C(=O)Nc2nnc(S(C)(=O)=O)s2)ccc1OCCOc1ccc(C)cc1C. The highest BCUT2D eigenvalue weighted by atomic mass is 32.2. The van der Waals surface area contributed by atoms with Gasteiger partial charge < -0.3 is 14.2 Å². The number of nitrogens with one attached hydrogen (secondary N) is 1. The first-order chi connectivity index (χ1) is 17.6. The van der Waals surface area contributed by atoms with Crippen molar-refractivity contribution < 1.29 is 27.4 Å². The van der Waals surface area contributed by atoms with Gasteiger partial charge >= 0.3 is 0 Å². The van der Waals surface area contributed by atoms with Gasteiger partial charge in [0.25, 0.3) is 5.91 Å². The molecule has 1 aromatic heterocycles. The number of nitrogens with zero attached hydrogens (tertiary/aromatic N) is 3. The minimum atomic E-state index is -3.55. The maximum atomic E-state index is 12.5. The monoisotopic (exact) mass is 542 g/mol. The van der Waals surface area contributed by atoms with Gasteiger partial charge in [0.1, 0.15) is 30.6 Å². The molecule has 3 rings (SSSR count). The molecule has 1 N–H and O–H groups in total. The number of aromatic nitrogens is 2. The van der Waals surface area contributed by atoms with Crippen LogP contribution in [0.2, 0.25) is 0 Å². The lowest BCUT2D eigenvalue weighted by atomic mass is 10.1. The molecular weight excluding hydrogens is 516 g/mol. The topological polar surface area (TPSA) is 140 Å². The third kappa shape index (κ3) is 7.77. The van der Waals surface area contributed by atoms with E-state index in [9.17, 15) is 18.5 Å². The number of anilines is 1. The quantitative estimate of drug-likeness (QED) is 0.165. The molecule has 37 heavy (non-hydrogen) atoms. The molecule has 0 bridgehead atoms. The number of carbonyl (C=O) groups is 1. The summed E-state index contributed by atoms with van der Waals surface area (Å²) in [5.41, 5.74) is 2.53. The highest BCUT2D eigenvalue weighted by Crippen LogP contribution is 2.30. The number of sulfone groups is 1. The molecule has 0 fully saturated rings. The summed E-state index contributed by atoms with van der Waals surface area (Å²) >= 11 is 0.697. The van der Waals surface area contributed by atoms with Crippen LogP contribution in [0.5, 0.6) is 17.2 Å². The Hall–Kier alpha value is -3.95. The molecular formula is C25H26N4O6S2. The predicted molar refractivity (Wildman–Crippen MR) is 140 cm³/mol. The third-order valence-corrected chi connectivity index (χ3v) is 7.32. The molecule has 1 amide bonds. The lowest BCUT2D eigenvalue weighted by Crippen LogP contribution is -2.13. The maximum absolute atomic E-state index is 12.5. The van der Waals surface area contributed by atoms with Gasteiger partial charge in [-0.25, -0.2) is 8.42 Å². The molecule has 0 atom stereocenters. The normalized spacial score (nSPS) is 11.5. The molecule has 3 aromatic rings. The smallest absolute Gasteiger partial charge is 0.268 e. The molecule has 194 valence electrons. The van der Waals surface area contributed by atoms with E-state index in [0.717, 1.165) is 23.1 Å². The van der Waals surface area contributed by atoms with Crippen LogP contribution in [0.15, 0.2) is 46.3 Å². The molecule has 0 saturated heterocycles. The first-order valence-corrected chi connectivity index (χ1v) is 13.9. The van der Waals surface area contributed by atoms with E-state index in [2.05, 4.69) is 15.5 Å². The van der Waals surface area contributed by atoms with Crippen LogP contribution in [0.25, 0.3) is 6.08 Å². The largest absolute Gasteiger partial charge is 0.490 e. The number of benzene rings is 2. The van der Waals surface area contributed by atoms with E-state index in [1.807, 2.05) is 45.0 Å². The van der Waals surface area contributed by atoms with Crippen molar-refractivity contribution >= 4 is 38.3 Å². The molecule has 1 heterocycles. The Balaban J connectivity index is 1.68. The van der Waals surface area contributed by atoms with Gasteiger partial charge in [-0.05, 0) is 56.2 Å². The number of rotatable bonds is 11. The lowest BCUT2D eigenvalue weighted by Gasteiger charge is -2.14. The number of amides is 1. The van der Waals surface area contributed by atoms with Crippen LogP contribution in [-0.4, -0.2) is 50.6 Å². The van der Waals surface area contributed by atoms with Crippen molar-refractivity contribution in [3.8, 4) is 23.3 Å². The second-order valence-corrected chi connectivity index (χ2v) is 11.0. The Morgan fingerprint density at radius 2 is 1.76 bits per heavy atom. The Morgan fingerprint density at radius 1 is 1.05 bits per heavy atom. The summed E-state index contributed by atoms with van der Waals surface area (Å²) in [6.07, 6.45) is 2.37. The molecule has 10 nitrogen and oxygen atoms in total. The molecule has 2 aromatic carbocycles. The molecule has 12 heteroatoms.